The number of anilines is 1. The number of nitrogens with one attached hydrogen (secondary N) is 1. The minimum atomic E-state index is -1.06. The van der Waals surface area contributed by atoms with Crippen molar-refractivity contribution in [2.24, 2.45) is 10.7 Å². The van der Waals surface area contributed by atoms with Gasteiger partial charge in [-0.1, -0.05) is 25.6 Å². The molecule has 132 valence electrons. The highest BCUT2D eigenvalue weighted by molar-refractivity contribution is 8.15. The summed E-state index contributed by atoms with van der Waals surface area (Å²) in [7, 11) is 0. The van der Waals surface area contributed by atoms with E-state index >= 15 is 0 Å². The highest BCUT2D eigenvalue weighted by Gasteiger charge is 2.40. The second-order valence-corrected chi connectivity index (χ2v) is 8.36. The molecule has 0 saturated carbocycles. The number of amides is 1. The van der Waals surface area contributed by atoms with Crippen LogP contribution in [0.4, 0.5) is 10.1 Å². The standard InChI is InChI=1S/C16H18FN5O2S/c1-15(2)8-16(3,22-14(18)25-15)11-6-9(4-5-19-11)20-12(23)10-7-24-13(17)21-10/h4-7H,8H2,1-3H3,(H2,18,22)(H,19,20,23). The third-order valence-corrected chi connectivity index (χ3v) is 4.78. The molecule has 1 atom stereocenters. The zero-order valence-electron chi connectivity index (χ0n) is 14.0. The molecule has 0 spiro atoms. The van der Waals surface area contributed by atoms with Crippen molar-refractivity contribution >= 4 is 28.5 Å². The zero-order valence-corrected chi connectivity index (χ0v) is 14.9. The van der Waals surface area contributed by atoms with Crippen molar-refractivity contribution in [2.75, 3.05) is 5.32 Å². The topological polar surface area (TPSA) is 106 Å². The average molecular weight is 363 g/mol. The molecule has 0 fully saturated rings. The van der Waals surface area contributed by atoms with Crippen LogP contribution in [0.25, 0.3) is 0 Å². The third-order valence-electron chi connectivity index (χ3n) is 3.79. The molecule has 3 heterocycles. The summed E-state index contributed by atoms with van der Waals surface area (Å²) in [4.78, 5) is 24.4. The van der Waals surface area contributed by atoms with E-state index in [0.717, 1.165) is 12.7 Å². The second kappa shape index (κ2) is 6.14. The zero-order chi connectivity index (χ0) is 18.2. The number of hydrogen-bond acceptors (Lipinski definition) is 7. The van der Waals surface area contributed by atoms with Crippen LogP contribution in [0.2, 0.25) is 0 Å². The van der Waals surface area contributed by atoms with Crippen LogP contribution in [0.5, 0.6) is 0 Å². The van der Waals surface area contributed by atoms with E-state index in [1.807, 2.05) is 6.92 Å². The molecule has 0 aliphatic carbocycles. The third kappa shape index (κ3) is 3.81. The quantitative estimate of drug-likeness (QED) is 0.868. The van der Waals surface area contributed by atoms with E-state index in [1.165, 1.54) is 11.8 Å². The molecule has 9 heteroatoms. The summed E-state index contributed by atoms with van der Waals surface area (Å²) in [5, 5.41) is 3.15. The normalized spacial score (nSPS) is 22.3. The summed E-state index contributed by atoms with van der Waals surface area (Å²) in [6, 6.07) is 3.37. The van der Waals surface area contributed by atoms with Gasteiger partial charge in [-0.25, -0.2) is 4.99 Å². The smallest absolute Gasteiger partial charge is 0.382 e. The van der Waals surface area contributed by atoms with Crippen molar-refractivity contribution in [3.8, 4) is 0 Å². The number of carbonyl (C=O) groups excluding carboxylic acids is 1. The Morgan fingerprint density at radius 1 is 1.44 bits per heavy atom. The van der Waals surface area contributed by atoms with Crippen molar-refractivity contribution in [3.05, 3.63) is 42.1 Å². The number of pyridine rings is 1. The lowest BCUT2D eigenvalue weighted by molar-refractivity contribution is 0.102. The molecule has 1 aliphatic rings. The van der Waals surface area contributed by atoms with E-state index in [1.54, 1.807) is 18.3 Å². The van der Waals surface area contributed by atoms with Crippen LogP contribution in [0.1, 0.15) is 43.4 Å². The fourth-order valence-corrected chi connectivity index (χ4v) is 4.12. The van der Waals surface area contributed by atoms with Gasteiger partial charge in [-0.05, 0) is 25.5 Å². The molecular weight excluding hydrogens is 345 g/mol. The Bertz CT molecular complexity index is 851. The van der Waals surface area contributed by atoms with Crippen molar-refractivity contribution in [1.29, 1.82) is 0 Å². The first-order valence-corrected chi connectivity index (χ1v) is 8.42. The predicted octanol–water partition coefficient (Wildman–Crippen LogP) is 2.91. The minimum absolute atomic E-state index is 0.0836. The van der Waals surface area contributed by atoms with Gasteiger partial charge >= 0.3 is 6.14 Å². The highest BCUT2D eigenvalue weighted by atomic mass is 32.2. The Hall–Kier alpha value is -2.42. The summed E-state index contributed by atoms with van der Waals surface area (Å²) in [5.41, 5.74) is 6.44. The number of thioether (sulfide) groups is 1. The molecule has 0 aromatic carbocycles. The summed E-state index contributed by atoms with van der Waals surface area (Å²) in [5.74, 6) is -0.572. The van der Waals surface area contributed by atoms with E-state index in [-0.39, 0.29) is 10.4 Å². The number of aliphatic imine (C=N–C) groups is 1. The van der Waals surface area contributed by atoms with Crippen LogP contribution in [0.3, 0.4) is 0 Å². The molecule has 2 aromatic heterocycles. The summed E-state index contributed by atoms with van der Waals surface area (Å²) in [6.07, 6.45) is 2.23. The molecule has 3 N–H and O–H groups in total. The number of amidine groups is 1. The molecule has 3 rings (SSSR count). The van der Waals surface area contributed by atoms with Crippen molar-refractivity contribution in [3.63, 3.8) is 0 Å². The van der Waals surface area contributed by atoms with Gasteiger partial charge in [-0.3, -0.25) is 9.78 Å². The van der Waals surface area contributed by atoms with Gasteiger partial charge < -0.3 is 15.5 Å². The van der Waals surface area contributed by atoms with Crippen molar-refractivity contribution in [1.82, 2.24) is 9.97 Å². The molecule has 2 aromatic rings. The largest absolute Gasteiger partial charge is 0.423 e. The van der Waals surface area contributed by atoms with Gasteiger partial charge in [0, 0.05) is 16.6 Å². The fourth-order valence-electron chi connectivity index (χ4n) is 2.96. The van der Waals surface area contributed by atoms with Gasteiger partial charge in [0.1, 0.15) is 11.8 Å². The molecule has 1 unspecified atom stereocenters. The lowest BCUT2D eigenvalue weighted by atomic mass is 9.87. The van der Waals surface area contributed by atoms with Crippen LogP contribution in [-0.2, 0) is 5.54 Å². The number of halogens is 1. The maximum atomic E-state index is 12.8. The van der Waals surface area contributed by atoms with Crippen LogP contribution in [0.15, 0.2) is 34.0 Å². The molecule has 0 saturated heterocycles. The monoisotopic (exact) mass is 363 g/mol. The van der Waals surface area contributed by atoms with Gasteiger partial charge in [0.05, 0.1) is 5.69 Å². The lowest BCUT2D eigenvalue weighted by Crippen LogP contribution is -2.38. The van der Waals surface area contributed by atoms with E-state index in [4.69, 9.17) is 5.73 Å². The van der Waals surface area contributed by atoms with Crippen molar-refractivity contribution in [2.45, 2.75) is 37.5 Å². The first-order chi connectivity index (χ1) is 11.7. The molecule has 25 heavy (non-hydrogen) atoms. The molecular formula is C16H18FN5O2S. The summed E-state index contributed by atoms with van der Waals surface area (Å²) < 4.78 is 17.1. The Morgan fingerprint density at radius 2 is 2.20 bits per heavy atom. The maximum absolute atomic E-state index is 12.8. The van der Waals surface area contributed by atoms with Crippen LogP contribution in [-0.4, -0.2) is 25.8 Å². The van der Waals surface area contributed by atoms with E-state index in [0.29, 0.717) is 16.5 Å². The highest BCUT2D eigenvalue weighted by Crippen LogP contribution is 2.44. The molecule has 1 aliphatic heterocycles. The number of oxazole rings is 1. The Kier molecular flexibility index (Phi) is 4.28. The Balaban J connectivity index is 1.86. The molecule has 0 radical (unpaired) electrons. The Morgan fingerprint density at radius 3 is 2.84 bits per heavy atom. The Labute approximate surface area is 148 Å². The van der Waals surface area contributed by atoms with E-state index in [2.05, 4.69) is 38.5 Å². The van der Waals surface area contributed by atoms with Gasteiger partial charge in [0.25, 0.3) is 5.91 Å². The fraction of sp³-hybridized carbons (Fsp3) is 0.375. The SMILES string of the molecule is CC1(C)CC(C)(c2cc(NC(=O)c3coc(F)n3)ccn2)N=C(N)S1. The molecule has 0 bridgehead atoms. The summed E-state index contributed by atoms with van der Waals surface area (Å²) in [6.45, 7) is 6.16. The van der Waals surface area contributed by atoms with E-state index < -0.39 is 17.6 Å². The van der Waals surface area contributed by atoms with Crippen LogP contribution in [0, 0.1) is 6.14 Å². The molecule has 1 amide bonds. The van der Waals surface area contributed by atoms with Gasteiger partial charge in [0.2, 0.25) is 0 Å². The number of aromatic nitrogens is 2. The van der Waals surface area contributed by atoms with Gasteiger partial charge in [0.15, 0.2) is 10.9 Å². The minimum Gasteiger partial charge on any atom is -0.423 e. The number of nitrogens with zero attached hydrogens (tertiary/aromatic N) is 3. The number of hydrogen-bond donors (Lipinski definition) is 2. The van der Waals surface area contributed by atoms with Gasteiger partial charge in [-0.2, -0.15) is 4.98 Å². The lowest BCUT2D eigenvalue weighted by Gasteiger charge is -2.38. The first-order valence-electron chi connectivity index (χ1n) is 7.60. The van der Waals surface area contributed by atoms with E-state index in [9.17, 15) is 9.18 Å². The maximum Gasteiger partial charge on any atom is 0.382 e. The van der Waals surface area contributed by atoms with Gasteiger partial charge in [-0.15, -0.1) is 4.39 Å². The van der Waals surface area contributed by atoms with Crippen LogP contribution >= 0.6 is 11.8 Å². The molecule has 7 nitrogen and oxygen atoms in total. The first kappa shape index (κ1) is 17.4. The number of carbonyl (C=O) groups is 1. The number of rotatable bonds is 3. The number of nitrogens with two attached hydrogens (primary N) is 1. The average Bonchev–Trinajstić information content (AvgIpc) is 2.92. The second-order valence-electron chi connectivity index (χ2n) is 6.63. The summed E-state index contributed by atoms with van der Waals surface area (Å²) >= 11 is 1.53. The predicted molar refractivity (Wildman–Crippen MR) is 93.9 cm³/mol. The van der Waals surface area contributed by atoms with Crippen LogP contribution < -0.4 is 11.1 Å². The van der Waals surface area contributed by atoms with Crippen molar-refractivity contribution < 1.29 is 13.6 Å².